The molecule has 1 aromatic rings. The van der Waals surface area contributed by atoms with Crippen LogP contribution in [0.25, 0.3) is 0 Å². The molecular weight excluding hydrogens is 320 g/mol. The van der Waals surface area contributed by atoms with Crippen molar-refractivity contribution in [2.45, 2.75) is 25.7 Å². The number of benzene rings is 1. The fourth-order valence-corrected chi connectivity index (χ4v) is 3.30. The second-order valence-corrected chi connectivity index (χ2v) is 7.59. The lowest BCUT2D eigenvalue weighted by molar-refractivity contribution is -0.143. The van der Waals surface area contributed by atoms with Crippen LogP contribution in [0.4, 0.5) is 11.4 Å². The molecule has 8 heteroatoms. The average Bonchev–Trinajstić information content (AvgIpc) is 2.48. The van der Waals surface area contributed by atoms with Gasteiger partial charge in [0.1, 0.15) is 0 Å². The number of carbonyl (C=O) groups excluding carboxylic acids is 1. The van der Waals surface area contributed by atoms with Gasteiger partial charge in [0.05, 0.1) is 12.2 Å². The molecule has 2 unspecified atom stereocenters. The molecule has 1 saturated carbocycles. The van der Waals surface area contributed by atoms with Gasteiger partial charge < -0.3 is 10.4 Å². The Morgan fingerprint density at radius 2 is 1.65 bits per heavy atom. The summed E-state index contributed by atoms with van der Waals surface area (Å²) in [5, 5.41) is 11.8. The maximum absolute atomic E-state index is 12.2. The first kappa shape index (κ1) is 17.3. The van der Waals surface area contributed by atoms with E-state index in [9.17, 15) is 18.0 Å². The maximum Gasteiger partial charge on any atom is 0.306 e. The Labute approximate surface area is 135 Å². The van der Waals surface area contributed by atoms with Crippen LogP contribution < -0.4 is 10.0 Å². The lowest BCUT2D eigenvalue weighted by atomic mass is 9.81. The van der Waals surface area contributed by atoms with Gasteiger partial charge in [0, 0.05) is 17.3 Å². The Balaban J connectivity index is 1.96. The average molecular weight is 340 g/mol. The molecule has 7 nitrogen and oxygen atoms in total. The van der Waals surface area contributed by atoms with Gasteiger partial charge in [-0.1, -0.05) is 6.42 Å². The van der Waals surface area contributed by atoms with Crippen molar-refractivity contribution in [2.24, 2.45) is 11.8 Å². The zero-order valence-electron chi connectivity index (χ0n) is 12.8. The third-order valence-electron chi connectivity index (χ3n) is 3.85. The minimum atomic E-state index is -3.34. The lowest BCUT2D eigenvalue weighted by Gasteiger charge is -2.25. The summed E-state index contributed by atoms with van der Waals surface area (Å²) in [4.78, 5) is 23.3. The van der Waals surface area contributed by atoms with Gasteiger partial charge in [0.15, 0.2) is 0 Å². The van der Waals surface area contributed by atoms with Crippen molar-refractivity contribution in [1.82, 2.24) is 0 Å². The monoisotopic (exact) mass is 340 g/mol. The van der Waals surface area contributed by atoms with E-state index in [1.807, 2.05) is 0 Å². The second kappa shape index (κ2) is 6.99. The molecule has 0 aromatic heterocycles. The SMILES string of the molecule is CS(=O)(=O)Nc1ccc(NC(=O)C2CCCC(C(=O)O)C2)cc1. The van der Waals surface area contributed by atoms with Crippen LogP contribution in [0.3, 0.4) is 0 Å². The van der Waals surface area contributed by atoms with E-state index in [-0.39, 0.29) is 11.8 Å². The number of anilines is 2. The highest BCUT2D eigenvalue weighted by Gasteiger charge is 2.30. The van der Waals surface area contributed by atoms with E-state index in [4.69, 9.17) is 5.11 Å². The second-order valence-electron chi connectivity index (χ2n) is 5.84. The van der Waals surface area contributed by atoms with Crippen LogP contribution in [-0.4, -0.2) is 31.7 Å². The summed E-state index contributed by atoms with van der Waals surface area (Å²) < 4.78 is 24.6. The summed E-state index contributed by atoms with van der Waals surface area (Å²) >= 11 is 0. The summed E-state index contributed by atoms with van der Waals surface area (Å²) in [5.74, 6) is -1.81. The molecule has 1 aliphatic carbocycles. The Morgan fingerprint density at radius 1 is 1.09 bits per heavy atom. The number of amides is 1. The molecule has 0 saturated heterocycles. The van der Waals surface area contributed by atoms with E-state index < -0.39 is 21.9 Å². The first-order chi connectivity index (χ1) is 10.7. The van der Waals surface area contributed by atoms with Crippen LogP contribution in [0.15, 0.2) is 24.3 Å². The van der Waals surface area contributed by atoms with E-state index in [1.54, 1.807) is 24.3 Å². The highest BCUT2D eigenvalue weighted by molar-refractivity contribution is 7.92. The third-order valence-corrected chi connectivity index (χ3v) is 4.46. The highest BCUT2D eigenvalue weighted by Crippen LogP contribution is 2.30. The van der Waals surface area contributed by atoms with Gasteiger partial charge in [-0.15, -0.1) is 0 Å². The molecular formula is C15H20N2O5S. The molecule has 23 heavy (non-hydrogen) atoms. The van der Waals surface area contributed by atoms with Crippen molar-refractivity contribution in [1.29, 1.82) is 0 Å². The van der Waals surface area contributed by atoms with Crippen LogP contribution in [0.5, 0.6) is 0 Å². The molecule has 0 radical (unpaired) electrons. The van der Waals surface area contributed by atoms with Crippen LogP contribution in [0.2, 0.25) is 0 Å². The molecule has 2 atom stereocenters. The molecule has 126 valence electrons. The summed E-state index contributed by atoms with van der Waals surface area (Å²) in [5.41, 5.74) is 0.959. The fraction of sp³-hybridized carbons (Fsp3) is 0.467. The van der Waals surface area contributed by atoms with Crippen molar-refractivity contribution < 1.29 is 23.1 Å². The van der Waals surface area contributed by atoms with Crippen LogP contribution in [-0.2, 0) is 19.6 Å². The van der Waals surface area contributed by atoms with Crippen LogP contribution >= 0.6 is 0 Å². The number of sulfonamides is 1. The molecule has 1 aliphatic rings. The van der Waals surface area contributed by atoms with Gasteiger partial charge in [-0.3, -0.25) is 14.3 Å². The van der Waals surface area contributed by atoms with E-state index in [2.05, 4.69) is 10.0 Å². The van der Waals surface area contributed by atoms with E-state index in [0.29, 0.717) is 30.6 Å². The van der Waals surface area contributed by atoms with E-state index in [0.717, 1.165) is 12.7 Å². The first-order valence-electron chi connectivity index (χ1n) is 7.36. The maximum atomic E-state index is 12.2. The zero-order valence-corrected chi connectivity index (χ0v) is 13.6. The van der Waals surface area contributed by atoms with Gasteiger partial charge in [-0.05, 0) is 43.5 Å². The molecule has 0 bridgehead atoms. The third kappa shape index (κ3) is 5.24. The van der Waals surface area contributed by atoms with Gasteiger partial charge in [-0.25, -0.2) is 8.42 Å². The Morgan fingerprint density at radius 3 is 2.22 bits per heavy atom. The molecule has 1 amide bonds. The van der Waals surface area contributed by atoms with Gasteiger partial charge in [0.25, 0.3) is 0 Å². The number of rotatable bonds is 5. The standard InChI is InChI=1S/C15H20N2O5S/c1-23(21,22)17-13-7-5-12(6-8-13)16-14(18)10-3-2-4-11(9-10)15(19)20/h5-8,10-11,17H,2-4,9H2,1H3,(H,16,18)(H,19,20). The molecule has 0 heterocycles. The number of carboxylic acid groups (broad SMARTS) is 1. The predicted octanol–water partition coefficient (Wildman–Crippen LogP) is 1.89. The largest absolute Gasteiger partial charge is 0.481 e. The Hall–Kier alpha value is -2.09. The van der Waals surface area contributed by atoms with Gasteiger partial charge >= 0.3 is 5.97 Å². The zero-order chi connectivity index (χ0) is 17.0. The number of carboxylic acids is 1. The van der Waals surface area contributed by atoms with E-state index in [1.165, 1.54) is 0 Å². The van der Waals surface area contributed by atoms with Crippen molar-refractivity contribution in [3.05, 3.63) is 24.3 Å². The molecule has 0 spiro atoms. The molecule has 1 aromatic carbocycles. The summed E-state index contributed by atoms with van der Waals surface area (Å²) in [6.45, 7) is 0. The van der Waals surface area contributed by atoms with Crippen molar-refractivity contribution in [3.8, 4) is 0 Å². The molecule has 2 rings (SSSR count). The number of hydrogen-bond acceptors (Lipinski definition) is 4. The summed E-state index contributed by atoms with van der Waals surface area (Å²) in [6, 6.07) is 6.31. The van der Waals surface area contributed by atoms with Gasteiger partial charge in [-0.2, -0.15) is 0 Å². The normalized spacial score (nSPS) is 21.4. The predicted molar refractivity (Wildman–Crippen MR) is 86.6 cm³/mol. The molecule has 0 aliphatic heterocycles. The summed E-state index contributed by atoms with van der Waals surface area (Å²) in [7, 11) is -3.34. The lowest BCUT2D eigenvalue weighted by Crippen LogP contribution is -2.30. The van der Waals surface area contributed by atoms with Crippen LogP contribution in [0, 0.1) is 11.8 Å². The van der Waals surface area contributed by atoms with E-state index >= 15 is 0 Å². The molecule has 1 fully saturated rings. The highest BCUT2D eigenvalue weighted by atomic mass is 32.2. The van der Waals surface area contributed by atoms with Gasteiger partial charge in [0.2, 0.25) is 15.9 Å². The fourth-order valence-electron chi connectivity index (χ4n) is 2.73. The number of carbonyl (C=O) groups is 2. The number of hydrogen-bond donors (Lipinski definition) is 3. The van der Waals surface area contributed by atoms with Crippen molar-refractivity contribution in [2.75, 3.05) is 16.3 Å². The minimum Gasteiger partial charge on any atom is -0.481 e. The smallest absolute Gasteiger partial charge is 0.306 e. The number of aliphatic carboxylic acids is 1. The van der Waals surface area contributed by atoms with Crippen LogP contribution in [0.1, 0.15) is 25.7 Å². The Bertz CT molecular complexity index is 684. The topological polar surface area (TPSA) is 113 Å². The summed E-state index contributed by atoms with van der Waals surface area (Å²) in [6.07, 6.45) is 3.44. The minimum absolute atomic E-state index is 0.195. The van der Waals surface area contributed by atoms with Crippen molar-refractivity contribution in [3.63, 3.8) is 0 Å². The number of nitrogens with one attached hydrogen (secondary N) is 2. The Kier molecular flexibility index (Phi) is 5.25. The first-order valence-corrected chi connectivity index (χ1v) is 9.25. The molecule has 3 N–H and O–H groups in total. The van der Waals surface area contributed by atoms with Crippen molar-refractivity contribution >= 4 is 33.3 Å². The quantitative estimate of drug-likeness (QED) is 0.757.